The molecule has 0 aromatic heterocycles. The molecule has 1 atom stereocenters. The number of carbonyl (C=O) groups excluding carboxylic acids is 1. The van der Waals surface area contributed by atoms with E-state index >= 15 is 0 Å². The fourth-order valence-electron chi connectivity index (χ4n) is 2.85. The van der Waals surface area contributed by atoms with E-state index in [1.165, 1.54) is 32.1 Å². The van der Waals surface area contributed by atoms with Crippen molar-refractivity contribution >= 4 is 5.91 Å². The number of carbonyl (C=O) groups is 1. The van der Waals surface area contributed by atoms with Gasteiger partial charge in [0.15, 0.2) is 0 Å². The normalized spacial score (nSPS) is 17.9. The summed E-state index contributed by atoms with van der Waals surface area (Å²) in [5, 5.41) is 0. The molecule has 1 aliphatic carbocycles. The second-order valence-electron chi connectivity index (χ2n) is 5.66. The fourth-order valence-corrected chi connectivity index (χ4v) is 2.85. The number of rotatable bonds is 9. The Bertz CT molecular complexity index is 260. The van der Waals surface area contributed by atoms with Crippen molar-refractivity contribution < 1.29 is 14.3 Å². The van der Waals surface area contributed by atoms with Crippen LogP contribution in [0.15, 0.2) is 0 Å². The van der Waals surface area contributed by atoms with Crippen molar-refractivity contribution in [1.29, 1.82) is 0 Å². The van der Waals surface area contributed by atoms with Gasteiger partial charge in [0.05, 0.1) is 19.3 Å². The molecular formula is C15H30N2O3. The molecule has 0 heterocycles. The Morgan fingerprint density at radius 2 is 1.70 bits per heavy atom. The Morgan fingerprint density at radius 1 is 1.15 bits per heavy atom. The van der Waals surface area contributed by atoms with Crippen LogP contribution in [-0.2, 0) is 14.3 Å². The predicted octanol–water partition coefficient (Wildman–Crippen LogP) is 1.41. The highest BCUT2D eigenvalue weighted by molar-refractivity contribution is 5.81. The van der Waals surface area contributed by atoms with Gasteiger partial charge in [-0.1, -0.05) is 32.1 Å². The van der Waals surface area contributed by atoms with Crippen LogP contribution in [0.4, 0.5) is 0 Å². The van der Waals surface area contributed by atoms with Crippen LogP contribution in [-0.4, -0.2) is 57.4 Å². The number of hydrogen-bond acceptors (Lipinski definition) is 4. The third kappa shape index (κ3) is 6.20. The topological polar surface area (TPSA) is 64.8 Å². The molecule has 0 saturated heterocycles. The maximum atomic E-state index is 12.4. The second-order valence-corrected chi connectivity index (χ2v) is 5.66. The van der Waals surface area contributed by atoms with Crippen molar-refractivity contribution in [3.05, 3.63) is 0 Å². The summed E-state index contributed by atoms with van der Waals surface area (Å²) in [5.74, 6) is 0.652. The van der Waals surface area contributed by atoms with Crippen molar-refractivity contribution in [3.63, 3.8) is 0 Å². The number of hydrogen-bond donors (Lipinski definition) is 1. The number of ether oxygens (including phenoxy) is 2. The molecule has 0 aromatic carbocycles. The van der Waals surface area contributed by atoms with Crippen molar-refractivity contribution in [2.24, 2.45) is 11.7 Å². The summed E-state index contributed by atoms with van der Waals surface area (Å²) >= 11 is 0. The van der Waals surface area contributed by atoms with E-state index in [0.717, 1.165) is 6.42 Å². The summed E-state index contributed by atoms with van der Waals surface area (Å²) in [5.41, 5.74) is 6.12. The Hall–Kier alpha value is -0.650. The lowest BCUT2D eigenvalue weighted by atomic mass is 9.85. The largest absolute Gasteiger partial charge is 0.383 e. The highest BCUT2D eigenvalue weighted by Crippen LogP contribution is 2.27. The van der Waals surface area contributed by atoms with Crippen molar-refractivity contribution in [2.45, 2.75) is 44.6 Å². The van der Waals surface area contributed by atoms with Gasteiger partial charge in [-0.05, 0) is 12.3 Å². The van der Waals surface area contributed by atoms with Crippen LogP contribution in [0.2, 0.25) is 0 Å². The SMILES string of the molecule is COCCN(CCOC)C(=O)C(N)CC1CCCCC1. The van der Waals surface area contributed by atoms with E-state index in [1.807, 2.05) is 0 Å². The predicted molar refractivity (Wildman–Crippen MR) is 79.5 cm³/mol. The zero-order valence-corrected chi connectivity index (χ0v) is 13.0. The number of amides is 1. The lowest BCUT2D eigenvalue weighted by Gasteiger charge is -2.28. The molecule has 20 heavy (non-hydrogen) atoms. The van der Waals surface area contributed by atoms with Crippen LogP contribution in [0.3, 0.4) is 0 Å². The molecule has 0 radical (unpaired) electrons. The minimum atomic E-state index is -0.383. The number of nitrogens with zero attached hydrogens (tertiary/aromatic N) is 1. The van der Waals surface area contributed by atoms with Gasteiger partial charge in [0.1, 0.15) is 0 Å². The van der Waals surface area contributed by atoms with Crippen LogP contribution in [0.1, 0.15) is 38.5 Å². The molecule has 2 N–H and O–H groups in total. The molecular weight excluding hydrogens is 256 g/mol. The maximum Gasteiger partial charge on any atom is 0.239 e. The Kier molecular flexibility index (Phi) is 8.82. The fraction of sp³-hybridized carbons (Fsp3) is 0.933. The minimum Gasteiger partial charge on any atom is -0.383 e. The summed E-state index contributed by atoms with van der Waals surface area (Å²) in [4.78, 5) is 14.2. The molecule has 0 spiro atoms. The minimum absolute atomic E-state index is 0.0321. The molecule has 0 aromatic rings. The maximum absolute atomic E-state index is 12.4. The Balaban J connectivity index is 2.43. The van der Waals surface area contributed by atoms with Crippen LogP contribution in [0, 0.1) is 5.92 Å². The van der Waals surface area contributed by atoms with Gasteiger partial charge in [0.2, 0.25) is 5.91 Å². The van der Waals surface area contributed by atoms with E-state index in [2.05, 4.69) is 0 Å². The van der Waals surface area contributed by atoms with E-state index < -0.39 is 0 Å². The van der Waals surface area contributed by atoms with E-state index in [1.54, 1.807) is 19.1 Å². The van der Waals surface area contributed by atoms with Gasteiger partial charge in [-0.15, -0.1) is 0 Å². The molecule has 1 rings (SSSR count). The highest BCUT2D eigenvalue weighted by Gasteiger charge is 2.24. The van der Waals surface area contributed by atoms with Crippen molar-refractivity contribution in [3.8, 4) is 0 Å². The third-order valence-electron chi connectivity index (χ3n) is 4.07. The first-order valence-electron chi connectivity index (χ1n) is 7.71. The van der Waals surface area contributed by atoms with Crippen molar-refractivity contribution in [1.82, 2.24) is 4.90 Å². The first-order chi connectivity index (χ1) is 9.69. The van der Waals surface area contributed by atoms with Crippen molar-refractivity contribution in [2.75, 3.05) is 40.5 Å². The van der Waals surface area contributed by atoms with Gasteiger partial charge < -0.3 is 20.1 Å². The molecule has 1 amide bonds. The Morgan fingerprint density at radius 3 is 2.20 bits per heavy atom. The lowest BCUT2D eigenvalue weighted by Crippen LogP contribution is -2.47. The highest BCUT2D eigenvalue weighted by atomic mass is 16.5. The Labute approximate surface area is 122 Å². The van der Waals surface area contributed by atoms with Crippen LogP contribution >= 0.6 is 0 Å². The zero-order chi connectivity index (χ0) is 14.8. The van der Waals surface area contributed by atoms with Gasteiger partial charge in [-0.2, -0.15) is 0 Å². The first kappa shape index (κ1) is 17.4. The molecule has 1 fully saturated rings. The molecule has 0 aliphatic heterocycles. The second kappa shape index (κ2) is 10.1. The van der Waals surface area contributed by atoms with Gasteiger partial charge in [0.25, 0.3) is 0 Å². The number of methoxy groups -OCH3 is 2. The van der Waals surface area contributed by atoms with Gasteiger partial charge in [-0.25, -0.2) is 0 Å². The smallest absolute Gasteiger partial charge is 0.239 e. The van der Waals surface area contributed by atoms with E-state index in [-0.39, 0.29) is 11.9 Å². The molecule has 1 unspecified atom stereocenters. The van der Waals surface area contributed by atoms with Gasteiger partial charge in [-0.3, -0.25) is 4.79 Å². The summed E-state index contributed by atoms with van der Waals surface area (Å²) in [6, 6.07) is -0.383. The van der Waals surface area contributed by atoms with Gasteiger partial charge in [0, 0.05) is 27.3 Å². The monoisotopic (exact) mass is 286 g/mol. The number of nitrogens with two attached hydrogens (primary N) is 1. The van der Waals surface area contributed by atoms with Crippen LogP contribution in [0.25, 0.3) is 0 Å². The molecule has 118 valence electrons. The van der Waals surface area contributed by atoms with E-state index in [0.29, 0.717) is 32.2 Å². The van der Waals surface area contributed by atoms with Crippen LogP contribution < -0.4 is 5.73 Å². The third-order valence-corrected chi connectivity index (χ3v) is 4.07. The molecule has 1 aliphatic rings. The lowest BCUT2D eigenvalue weighted by molar-refractivity contribution is -0.134. The molecule has 5 heteroatoms. The molecule has 5 nitrogen and oxygen atoms in total. The quantitative estimate of drug-likeness (QED) is 0.696. The average Bonchev–Trinajstić information content (AvgIpc) is 2.48. The summed E-state index contributed by atoms with van der Waals surface area (Å²) < 4.78 is 10.1. The van der Waals surface area contributed by atoms with E-state index in [4.69, 9.17) is 15.2 Å². The van der Waals surface area contributed by atoms with Crippen LogP contribution in [0.5, 0.6) is 0 Å². The summed E-state index contributed by atoms with van der Waals surface area (Å²) in [6.45, 7) is 2.23. The standard InChI is InChI=1S/C15H30N2O3/c1-19-10-8-17(9-11-20-2)15(18)14(16)12-13-6-4-3-5-7-13/h13-14H,3-12,16H2,1-2H3. The zero-order valence-electron chi connectivity index (χ0n) is 13.0. The summed E-state index contributed by atoms with van der Waals surface area (Å²) in [6.07, 6.45) is 7.14. The first-order valence-corrected chi connectivity index (χ1v) is 7.71. The summed E-state index contributed by atoms with van der Waals surface area (Å²) in [7, 11) is 3.28. The average molecular weight is 286 g/mol. The molecule has 0 bridgehead atoms. The molecule has 1 saturated carbocycles. The van der Waals surface area contributed by atoms with Gasteiger partial charge >= 0.3 is 0 Å². The van der Waals surface area contributed by atoms with E-state index in [9.17, 15) is 4.79 Å².